The fraction of sp³-hybridized carbons (Fsp3) is 0.188. The van der Waals surface area contributed by atoms with Crippen molar-refractivity contribution in [3.63, 3.8) is 0 Å². The minimum Gasteiger partial charge on any atom is -0.497 e. The van der Waals surface area contributed by atoms with Crippen molar-refractivity contribution in [1.82, 2.24) is 19.7 Å². The number of rotatable bonds is 6. The highest BCUT2D eigenvalue weighted by Gasteiger charge is 2.38. The number of methoxy groups -OCH3 is 1. The molecule has 2 aromatic heterocycles. The van der Waals surface area contributed by atoms with Crippen LogP contribution in [0.2, 0.25) is 0 Å². The lowest BCUT2D eigenvalue weighted by Crippen LogP contribution is -2.19. The molecule has 214 valence electrons. The van der Waals surface area contributed by atoms with E-state index in [1.807, 2.05) is 26.8 Å². The summed E-state index contributed by atoms with van der Waals surface area (Å²) in [6.45, 7) is 5.76. The van der Waals surface area contributed by atoms with Gasteiger partial charge in [0, 0.05) is 22.6 Å². The van der Waals surface area contributed by atoms with Gasteiger partial charge in [-0.15, -0.1) is 0 Å². The summed E-state index contributed by atoms with van der Waals surface area (Å²) in [5.41, 5.74) is 1.84. The molecule has 0 aliphatic rings. The summed E-state index contributed by atoms with van der Waals surface area (Å²) in [6.07, 6.45) is -4.85. The summed E-state index contributed by atoms with van der Waals surface area (Å²) in [4.78, 5) is 21.4. The number of nitrogens with zero attached hydrogens (tertiary/aromatic N) is 4. The topological polar surface area (TPSA) is 81.9 Å². The van der Waals surface area contributed by atoms with Crippen LogP contribution in [0.4, 0.5) is 19.0 Å². The molecule has 2 heterocycles. The Morgan fingerprint density at radius 1 is 0.833 bits per heavy atom. The van der Waals surface area contributed by atoms with Crippen LogP contribution in [0.15, 0.2) is 91.0 Å². The molecule has 0 fully saturated rings. The van der Waals surface area contributed by atoms with Gasteiger partial charge in [0.05, 0.1) is 24.1 Å². The normalized spacial score (nSPS) is 11.8. The third-order valence-corrected chi connectivity index (χ3v) is 6.53. The van der Waals surface area contributed by atoms with E-state index in [1.165, 1.54) is 11.8 Å². The molecule has 7 nitrogen and oxygen atoms in total. The first kappa shape index (κ1) is 28.5. The third kappa shape index (κ3) is 5.88. The minimum atomic E-state index is -4.85. The molecule has 0 aliphatic carbocycles. The van der Waals surface area contributed by atoms with Gasteiger partial charge in [0.2, 0.25) is 5.82 Å². The number of halogens is 3. The molecule has 0 spiro atoms. The minimum absolute atomic E-state index is 0.0827. The third-order valence-electron chi connectivity index (χ3n) is 6.53. The summed E-state index contributed by atoms with van der Waals surface area (Å²) in [6, 6.07) is 25.6. The van der Waals surface area contributed by atoms with E-state index in [9.17, 15) is 18.0 Å². The number of nitrogens with one attached hydrogen (secondary N) is 1. The van der Waals surface area contributed by atoms with Crippen LogP contribution < -0.4 is 10.1 Å². The molecule has 0 aliphatic heterocycles. The van der Waals surface area contributed by atoms with E-state index in [4.69, 9.17) is 9.84 Å². The molecule has 0 bridgehead atoms. The van der Waals surface area contributed by atoms with E-state index >= 15 is 0 Å². The number of hydrogen-bond acceptors (Lipinski definition) is 5. The van der Waals surface area contributed by atoms with Crippen molar-refractivity contribution in [2.45, 2.75) is 32.4 Å². The predicted molar refractivity (Wildman–Crippen MR) is 155 cm³/mol. The zero-order chi connectivity index (χ0) is 30.1. The van der Waals surface area contributed by atoms with E-state index in [1.54, 1.807) is 84.9 Å². The Morgan fingerprint density at radius 3 is 1.98 bits per heavy atom. The highest BCUT2D eigenvalue weighted by Crippen LogP contribution is 2.39. The molecule has 0 atom stereocenters. The molecule has 5 rings (SSSR count). The van der Waals surface area contributed by atoms with Gasteiger partial charge in [-0.25, -0.2) is 9.97 Å². The molecule has 0 unspecified atom stereocenters. The molecule has 0 radical (unpaired) electrons. The number of hydrogen-bond donors (Lipinski definition) is 1. The maximum atomic E-state index is 14.3. The molecule has 0 saturated heterocycles. The van der Waals surface area contributed by atoms with Crippen molar-refractivity contribution in [1.29, 1.82) is 0 Å². The Bertz CT molecular complexity index is 1710. The number of aromatic nitrogens is 4. The van der Waals surface area contributed by atoms with Gasteiger partial charge in [0.15, 0.2) is 5.82 Å². The van der Waals surface area contributed by atoms with Crippen molar-refractivity contribution in [3.05, 3.63) is 108 Å². The molecule has 3 aromatic carbocycles. The first-order valence-electron chi connectivity index (χ1n) is 13.1. The zero-order valence-corrected chi connectivity index (χ0v) is 23.4. The Morgan fingerprint density at radius 2 is 1.43 bits per heavy atom. The van der Waals surface area contributed by atoms with Crippen molar-refractivity contribution in [2.24, 2.45) is 0 Å². The maximum Gasteiger partial charge on any atom is 0.451 e. The van der Waals surface area contributed by atoms with Crippen LogP contribution in [0.1, 0.15) is 42.6 Å². The fourth-order valence-corrected chi connectivity index (χ4v) is 4.33. The second-order valence-corrected chi connectivity index (χ2v) is 10.6. The highest BCUT2D eigenvalue weighted by molar-refractivity contribution is 6.04. The van der Waals surface area contributed by atoms with E-state index in [0.29, 0.717) is 33.7 Å². The Hall–Kier alpha value is -4.99. The van der Waals surface area contributed by atoms with E-state index in [0.717, 1.165) is 0 Å². The average molecular weight is 572 g/mol. The van der Waals surface area contributed by atoms with Gasteiger partial charge in [-0.2, -0.15) is 23.0 Å². The van der Waals surface area contributed by atoms with Gasteiger partial charge in [-0.05, 0) is 29.8 Å². The maximum absolute atomic E-state index is 14.3. The molecule has 5 aromatic rings. The number of anilines is 1. The first-order chi connectivity index (χ1) is 20.0. The van der Waals surface area contributed by atoms with Gasteiger partial charge in [-0.1, -0.05) is 81.4 Å². The lowest BCUT2D eigenvalue weighted by Gasteiger charge is -2.19. The van der Waals surface area contributed by atoms with Crippen LogP contribution in [0.25, 0.3) is 28.2 Å². The fourth-order valence-electron chi connectivity index (χ4n) is 4.33. The van der Waals surface area contributed by atoms with Crippen LogP contribution in [0, 0.1) is 0 Å². The summed E-state index contributed by atoms with van der Waals surface area (Å²) >= 11 is 0. The standard InChI is InChI=1S/C32H28F3N5O2/c1-31(2,3)24-19-25(36-29(41)22-15-17-23(42-4)18-16-22)40(39-24)28-26(20-11-7-5-8-12-20)27(21-13-9-6-10-14-21)37-30(38-28)32(33,34)35/h5-19H,1-4H3,(H,36,41). The van der Waals surface area contributed by atoms with Crippen molar-refractivity contribution < 1.29 is 22.7 Å². The summed E-state index contributed by atoms with van der Waals surface area (Å²) in [7, 11) is 1.52. The van der Waals surface area contributed by atoms with E-state index < -0.39 is 23.3 Å². The second-order valence-electron chi connectivity index (χ2n) is 10.6. The van der Waals surface area contributed by atoms with Gasteiger partial charge < -0.3 is 10.1 Å². The lowest BCUT2D eigenvalue weighted by molar-refractivity contribution is -0.144. The molecular formula is C32H28F3N5O2. The molecule has 0 saturated carbocycles. The van der Waals surface area contributed by atoms with Crippen molar-refractivity contribution in [3.8, 4) is 34.0 Å². The first-order valence-corrected chi connectivity index (χ1v) is 13.1. The Labute approximate surface area is 241 Å². The highest BCUT2D eigenvalue weighted by atomic mass is 19.4. The summed E-state index contributed by atoms with van der Waals surface area (Å²) in [5, 5.41) is 7.52. The zero-order valence-electron chi connectivity index (χ0n) is 23.4. The molecule has 10 heteroatoms. The predicted octanol–water partition coefficient (Wildman–Crippen LogP) is 7.57. The average Bonchev–Trinajstić information content (AvgIpc) is 3.41. The second kappa shape index (κ2) is 11.1. The largest absolute Gasteiger partial charge is 0.497 e. The SMILES string of the molecule is COc1ccc(C(=O)Nc2cc(C(C)(C)C)nn2-c2nc(C(F)(F)F)nc(-c3ccccc3)c2-c2ccccc2)cc1. The van der Waals surface area contributed by atoms with Gasteiger partial charge in [-0.3, -0.25) is 4.79 Å². The van der Waals surface area contributed by atoms with Crippen LogP contribution in [-0.2, 0) is 11.6 Å². The molecule has 42 heavy (non-hydrogen) atoms. The number of benzene rings is 3. The van der Waals surface area contributed by atoms with Crippen LogP contribution in [-0.4, -0.2) is 32.8 Å². The van der Waals surface area contributed by atoms with Crippen molar-refractivity contribution in [2.75, 3.05) is 12.4 Å². The summed E-state index contributed by atoms with van der Waals surface area (Å²) < 4.78 is 49.2. The number of carbonyl (C=O) groups excluding carboxylic acids is 1. The number of amides is 1. The van der Waals surface area contributed by atoms with Crippen molar-refractivity contribution >= 4 is 11.7 Å². The number of carbonyl (C=O) groups is 1. The summed E-state index contributed by atoms with van der Waals surface area (Å²) in [5.74, 6) is -1.19. The molecule has 1 amide bonds. The Balaban J connectivity index is 1.79. The number of ether oxygens (including phenoxy) is 1. The number of alkyl halides is 3. The van der Waals surface area contributed by atoms with E-state index in [2.05, 4.69) is 15.3 Å². The van der Waals surface area contributed by atoms with E-state index in [-0.39, 0.29) is 17.3 Å². The Kier molecular flexibility index (Phi) is 7.55. The van der Waals surface area contributed by atoms with Crippen LogP contribution in [0.3, 0.4) is 0 Å². The smallest absolute Gasteiger partial charge is 0.451 e. The van der Waals surface area contributed by atoms with Gasteiger partial charge >= 0.3 is 6.18 Å². The van der Waals surface area contributed by atoms with Crippen LogP contribution in [0.5, 0.6) is 5.75 Å². The molecular weight excluding hydrogens is 543 g/mol. The van der Waals surface area contributed by atoms with Crippen LogP contribution >= 0.6 is 0 Å². The molecule has 1 N–H and O–H groups in total. The monoisotopic (exact) mass is 571 g/mol. The van der Waals surface area contributed by atoms with Gasteiger partial charge in [0.25, 0.3) is 5.91 Å². The lowest BCUT2D eigenvalue weighted by atomic mass is 9.92. The van der Waals surface area contributed by atoms with Gasteiger partial charge in [0.1, 0.15) is 11.6 Å². The quantitative estimate of drug-likeness (QED) is 0.227.